The summed E-state index contributed by atoms with van der Waals surface area (Å²) in [7, 11) is 1.46. The number of carbonyl (C=O) groups is 2. The molecule has 2 rings (SSSR count). The largest absolute Gasteiger partial charge is 0.493 e. The van der Waals surface area contributed by atoms with Crippen molar-refractivity contribution in [1.82, 2.24) is 5.32 Å². The fourth-order valence-corrected chi connectivity index (χ4v) is 2.64. The van der Waals surface area contributed by atoms with Crippen LogP contribution in [0.4, 0.5) is 5.69 Å². The molecule has 0 unspecified atom stereocenters. The van der Waals surface area contributed by atoms with E-state index in [9.17, 15) is 14.9 Å². The quantitative estimate of drug-likeness (QED) is 0.449. The molecule has 0 aromatic heterocycles. The molecule has 0 bridgehead atoms. The molecule has 0 fully saturated rings. The Bertz CT molecular complexity index is 995. The molecule has 2 N–H and O–H groups in total. The average molecular weight is 423 g/mol. The number of nitrogens with one attached hydrogen (secondary N) is 2. The van der Waals surface area contributed by atoms with Crippen LogP contribution in [0.25, 0.3) is 6.08 Å². The lowest BCUT2D eigenvalue weighted by molar-refractivity contribution is -0.123. The Morgan fingerprint density at radius 2 is 1.84 bits per heavy atom. The van der Waals surface area contributed by atoms with Gasteiger partial charge in [-0.2, -0.15) is 5.26 Å². The second kappa shape index (κ2) is 11.9. The minimum Gasteiger partial charge on any atom is -0.493 e. The van der Waals surface area contributed by atoms with Gasteiger partial charge in [-0.05, 0) is 49.8 Å². The first-order valence-corrected chi connectivity index (χ1v) is 9.74. The van der Waals surface area contributed by atoms with Crippen LogP contribution in [-0.4, -0.2) is 38.7 Å². The molecule has 0 spiro atoms. The van der Waals surface area contributed by atoms with Gasteiger partial charge < -0.3 is 24.8 Å². The van der Waals surface area contributed by atoms with E-state index in [0.29, 0.717) is 41.7 Å². The van der Waals surface area contributed by atoms with Gasteiger partial charge in [0, 0.05) is 6.54 Å². The summed E-state index contributed by atoms with van der Waals surface area (Å²) in [6.07, 6.45) is 1.44. The number of anilines is 1. The Labute approximate surface area is 181 Å². The van der Waals surface area contributed by atoms with Crippen molar-refractivity contribution in [2.75, 3.05) is 32.2 Å². The maximum absolute atomic E-state index is 12.6. The number of benzene rings is 2. The van der Waals surface area contributed by atoms with E-state index in [1.54, 1.807) is 42.5 Å². The van der Waals surface area contributed by atoms with E-state index < -0.39 is 5.91 Å². The lowest BCUT2D eigenvalue weighted by Gasteiger charge is -2.12. The van der Waals surface area contributed by atoms with Crippen LogP contribution in [0.3, 0.4) is 0 Å². The molecular weight excluding hydrogens is 398 g/mol. The molecule has 0 aliphatic heterocycles. The molecule has 0 aliphatic rings. The van der Waals surface area contributed by atoms with Gasteiger partial charge in [-0.15, -0.1) is 0 Å². The van der Waals surface area contributed by atoms with Crippen LogP contribution in [0.15, 0.2) is 48.0 Å². The predicted octanol–water partition coefficient (Wildman–Crippen LogP) is 3.15. The second-order valence-electron chi connectivity index (χ2n) is 6.21. The highest BCUT2D eigenvalue weighted by atomic mass is 16.5. The van der Waals surface area contributed by atoms with Crippen LogP contribution < -0.4 is 24.8 Å². The molecule has 0 radical (unpaired) electrons. The Kier molecular flexibility index (Phi) is 8.92. The summed E-state index contributed by atoms with van der Waals surface area (Å²) in [5, 5.41) is 14.8. The molecule has 31 heavy (non-hydrogen) atoms. The monoisotopic (exact) mass is 423 g/mol. The van der Waals surface area contributed by atoms with Crippen molar-refractivity contribution in [2.45, 2.75) is 13.8 Å². The zero-order valence-electron chi connectivity index (χ0n) is 17.7. The molecule has 2 aromatic rings. The van der Waals surface area contributed by atoms with Gasteiger partial charge in [0.15, 0.2) is 18.1 Å². The molecule has 2 aromatic carbocycles. The van der Waals surface area contributed by atoms with Crippen LogP contribution in [-0.2, 0) is 9.59 Å². The maximum atomic E-state index is 12.6. The van der Waals surface area contributed by atoms with Crippen molar-refractivity contribution in [3.8, 4) is 23.3 Å². The number of amides is 2. The van der Waals surface area contributed by atoms with E-state index in [1.165, 1.54) is 13.2 Å². The van der Waals surface area contributed by atoms with Crippen molar-refractivity contribution >= 4 is 23.6 Å². The van der Waals surface area contributed by atoms with Gasteiger partial charge in [-0.3, -0.25) is 9.59 Å². The molecule has 0 saturated heterocycles. The Hall–Kier alpha value is -3.99. The highest BCUT2D eigenvalue weighted by molar-refractivity contribution is 6.10. The van der Waals surface area contributed by atoms with Gasteiger partial charge in [0.1, 0.15) is 17.4 Å². The van der Waals surface area contributed by atoms with Crippen molar-refractivity contribution in [1.29, 1.82) is 5.26 Å². The van der Waals surface area contributed by atoms with Crippen LogP contribution >= 0.6 is 0 Å². The molecule has 0 saturated carbocycles. The first-order valence-electron chi connectivity index (χ1n) is 9.74. The highest BCUT2D eigenvalue weighted by Crippen LogP contribution is 2.29. The van der Waals surface area contributed by atoms with Gasteiger partial charge in [0.2, 0.25) is 0 Å². The second-order valence-corrected chi connectivity index (χ2v) is 6.21. The Balaban J connectivity index is 2.19. The van der Waals surface area contributed by atoms with E-state index >= 15 is 0 Å². The van der Waals surface area contributed by atoms with Crippen molar-refractivity contribution in [3.05, 3.63) is 53.6 Å². The third kappa shape index (κ3) is 6.78. The lowest BCUT2D eigenvalue weighted by atomic mass is 10.1. The summed E-state index contributed by atoms with van der Waals surface area (Å²) < 4.78 is 16.3. The van der Waals surface area contributed by atoms with Gasteiger partial charge in [0.05, 0.1) is 19.4 Å². The summed E-state index contributed by atoms with van der Waals surface area (Å²) >= 11 is 0. The summed E-state index contributed by atoms with van der Waals surface area (Å²) in [6.45, 7) is 4.47. The van der Waals surface area contributed by atoms with Gasteiger partial charge in [-0.25, -0.2) is 0 Å². The third-order valence-electron chi connectivity index (χ3n) is 4.03. The van der Waals surface area contributed by atoms with Crippen LogP contribution in [0, 0.1) is 11.3 Å². The van der Waals surface area contributed by atoms with Crippen LogP contribution in [0.2, 0.25) is 0 Å². The number of likely N-dealkylation sites (N-methyl/N-ethyl adjacent to an activating group) is 1. The van der Waals surface area contributed by atoms with E-state index in [0.717, 1.165) is 0 Å². The standard InChI is InChI=1S/C23H25N3O5/c1-4-25-22(27)15-31-20-11-10-16(13-21(20)29-3)12-17(14-24)23(28)26-18-8-6-7-9-19(18)30-5-2/h6-13H,4-5,15H2,1-3H3,(H,25,27)(H,26,28)/b17-12+. The van der Waals surface area contributed by atoms with E-state index in [2.05, 4.69) is 10.6 Å². The molecule has 2 amide bonds. The first kappa shape index (κ1) is 23.3. The number of hydrogen-bond donors (Lipinski definition) is 2. The summed E-state index contributed by atoms with van der Waals surface area (Å²) in [4.78, 5) is 24.2. The minimum atomic E-state index is -0.565. The highest BCUT2D eigenvalue weighted by Gasteiger charge is 2.14. The van der Waals surface area contributed by atoms with Crippen molar-refractivity contribution < 1.29 is 23.8 Å². The normalized spacial score (nSPS) is 10.6. The topological polar surface area (TPSA) is 110 Å². The minimum absolute atomic E-state index is 0.0932. The summed E-state index contributed by atoms with van der Waals surface area (Å²) in [6, 6.07) is 13.8. The van der Waals surface area contributed by atoms with E-state index in [-0.39, 0.29) is 18.1 Å². The third-order valence-corrected chi connectivity index (χ3v) is 4.03. The van der Waals surface area contributed by atoms with Crippen LogP contribution in [0.1, 0.15) is 19.4 Å². The molecule has 0 atom stereocenters. The van der Waals surface area contributed by atoms with Gasteiger partial charge in [-0.1, -0.05) is 18.2 Å². The smallest absolute Gasteiger partial charge is 0.266 e. The molecule has 162 valence electrons. The number of ether oxygens (including phenoxy) is 3. The van der Waals surface area contributed by atoms with E-state index in [1.807, 2.05) is 19.9 Å². The molecular formula is C23H25N3O5. The number of carbonyl (C=O) groups excluding carboxylic acids is 2. The number of nitrogens with zero attached hydrogens (tertiary/aromatic N) is 1. The van der Waals surface area contributed by atoms with Crippen molar-refractivity contribution in [3.63, 3.8) is 0 Å². The fraction of sp³-hybridized carbons (Fsp3) is 0.261. The van der Waals surface area contributed by atoms with E-state index in [4.69, 9.17) is 14.2 Å². The maximum Gasteiger partial charge on any atom is 0.266 e. The lowest BCUT2D eigenvalue weighted by Crippen LogP contribution is -2.28. The summed E-state index contributed by atoms with van der Waals surface area (Å²) in [5.41, 5.74) is 0.943. The van der Waals surface area contributed by atoms with Gasteiger partial charge >= 0.3 is 0 Å². The zero-order chi connectivity index (χ0) is 22.6. The average Bonchev–Trinajstić information content (AvgIpc) is 2.78. The Morgan fingerprint density at radius 3 is 2.52 bits per heavy atom. The Morgan fingerprint density at radius 1 is 1.06 bits per heavy atom. The number of para-hydroxylation sites is 2. The molecule has 8 heteroatoms. The zero-order valence-corrected chi connectivity index (χ0v) is 17.7. The van der Waals surface area contributed by atoms with Gasteiger partial charge in [0.25, 0.3) is 11.8 Å². The van der Waals surface area contributed by atoms with Crippen molar-refractivity contribution in [2.24, 2.45) is 0 Å². The van der Waals surface area contributed by atoms with Crippen LogP contribution in [0.5, 0.6) is 17.2 Å². The molecule has 0 aliphatic carbocycles. The fourth-order valence-electron chi connectivity index (χ4n) is 2.64. The predicted molar refractivity (Wildman–Crippen MR) is 117 cm³/mol. The first-order chi connectivity index (χ1) is 15.0. The number of hydrogen-bond acceptors (Lipinski definition) is 6. The summed E-state index contributed by atoms with van der Waals surface area (Å²) in [5.74, 6) is 0.456. The molecule has 0 heterocycles. The number of nitriles is 1. The molecule has 8 nitrogen and oxygen atoms in total. The SMILES string of the molecule is CCNC(=O)COc1ccc(/C=C(\C#N)C(=O)Nc2ccccc2OCC)cc1OC. The number of methoxy groups -OCH3 is 1. The number of rotatable bonds is 10.